The first-order valence-electron chi connectivity index (χ1n) is 51.7. The zero-order valence-corrected chi connectivity index (χ0v) is 89.3. The summed E-state index contributed by atoms with van der Waals surface area (Å²) >= 11 is 50.4. The van der Waals surface area contributed by atoms with Crippen molar-refractivity contribution >= 4 is 179 Å². The Morgan fingerprint density at radius 3 is 0.814 bits per heavy atom. The van der Waals surface area contributed by atoms with Gasteiger partial charge in [0.25, 0.3) is 0 Å². The molecular weight excluding hydrogens is 2000 g/mol. The van der Waals surface area contributed by atoms with Crippen molar-refractivity contribution < 1.29 is 34.8 Å². The molecule has 0 spiro atoms. The van der Waals surface area contributed by atoms with Crippen LogP contribution in [0.4, 0.5) is 23.3 Å². The number of likely N-dealkylation sites (tertiary alicyclic amines) is 4. The van der Waals surface area contributed by atoms with Crippen molar-refractivity contribution in [3.05, 3.63) is 183 Å². The normalized spacial score (nSPS) is 24.4. The van der Waals surface area contributed by atoms with Gasteiger partial charge in [-0.05, 0) is 296 Å². The van der Waals surface area contributed by atoms with Gasteiger partial charge in [0.2, 0.25) is 0 Å². The molecule has 12 aromatic rings. The molecule has 770 valence electrons. The first-order chi connectivity index (χ1) is 69.8. The van der Waals surface area contributed by atoms with Crippen LogP contribution in [0, 0.1) is 92.8 Å². The maximum atomic E-state index is 11.2. The van der Waals surface area contributed by atoms with Gasteiger partial charge >= 0.3 is 17.9 Å². The van der Waals surface area contributed by atoms with Crippen molar-refractivity contribution in [2.45, 2.75) is 194 Å². The lowest BCUT2D eigenvalue weighted by molar-refractivity contribution is -0.148. The van der Waals surface area contributed by atoms with Gasteiger partial charge < -0.3 is 59.6 Å². The molecule has 11 aliphatic rings. The Hall–Kier alpha value is -9.19. The number of piperidine rings is 4. The van der Waals surface area contributed by atoms with Crippen LogP contribution in [0.5, 0.6) is 0 Å². The van der Waals surface area contributed by atoms with Crippen LogP contribution in [0.3, 0.4) is 0 Å². The molecule has 23 rings (SSSR count). The molecule has 8 aromatic heterocycles. The van der Waals surface area contributed by atoms with Crippen LogP contribution in [0.2, 0.25) is 40.2 Å². The number of carboxylic acids is 3. The van der Waals surface area contributed by atoms with Crippen LogP contribution >= 0.6 is 92.8 Å². The van der Waals surface area contributed by atoms with Crippen LogP contribution in [-0.4, -0.2) is 273 Å². The number of aliphatic hydroxyl groups excluding tert-OH is 1. The molecule has 0 bridgehead atoms. The fourth-order valence-corrected chi connectivity index (χ4v) is 26.5. The first-order valence-corrected chi connectivity index (χ1v) is 54.7. The number of fused-ring (bicyclic) bond motifs is 4. The summed E-state index contributed by atoms with van der Waals surface area (Å²) in [5.74, 6) is 6.49. The summed E-state index contributed by atoms with van der Waals surface area (Å²) in [6, 6.07) is 23.1. The summed E-state index contributed by atoms with van der Waals surface area (Å²) in [7, 11) is 0. The minimum atomic E-state index is -0.639. The molecule has 0 amide bonds. The second kappa shape index (κ2) is 43.8. The highest BCUT2D eigenvalue weighted by atomic mass is 35.5. The second-order valence-electron chi connectivity index (χ2n) is 42.7. The molecule has 0 radical (unpaired) electrons. The Labute approximate surface area is 884 Å². The summed E-state index contributed by atoms with van der Waals surface area (Å²) < 4.78 is 7.66. The second-order valence-corrected chi connectivity index (χ2v) is 46.1. The number of aliphatic hydroxyl groups is 1. The molecule has 11 fully saturated rings. The Morgan fingerprint density at radius 2 is 0.579 bits per heavy atom. The van der Waals surface area contributed by atoms with Gasteiger partial charge in [0.15, 0.2) is 22.6 Å². The van der Waals surface area contributed by atoms with E-state index in [2.05, 4.69) is 66.9 Å². The van der Waals surface area contributed by atoms with E-state index >= 15 is 0 Å². The Balaban J connectivity index is 0.000000118. The summed E-state index contributed by atoms with van der Waals surface area (Å²) in [6.07, 6.45) is 23.1. The molecule has 8 saturated heterocycles. The predicted octanol–water partition coefficient (Wildman–Crippen LogP) is 19.8. The molecule has 8 atom stereocenters. The van der Waals surface area contributed by atoms with Crippen molar-refractivity contribution in [2.75, 3.05) is 137 Å². The number of hydrogen-bond acceptors (Lipinski definition) is 24. The van der Waals surface area contributed by atoms with Gasteiger partial charge in [0.1, 0.15) is 45.3 Å². The summed E-state index contributed by atoms with van der Waals surface area (Å²) in [5.41, 5.74) is 13.5. The number of carbonyl (C=O) groups is 3. The average Bonchev–Trinajstić information content (AvgIpc) is 1.71. The van der Waals surface area contributed by atoms with Crippen LogP contribution in [-0.2, 0) is 14.4 Å². The molecule has 8 aliphatic heterocycles. The van der Waals surface area contributed by atoms with Crippen LogP contribution in [0.25, 0.3) is 44.7 Å². The van der Waals surface area contributed by atoms with Crippen molar-refractivity contribution in [1.82, 2.24) is 98.6 Å². The predicted molar refractivity (Wildman–Crippen MR) is 570 cm³/mol. The fraction of sp³-hybridized carbons (Fsp3) is 0.557. The summed E-state index contributed by atoms with van der Waals surface area (Å²) in [4.78, 5) is 92.0. The number of aromatic nitrogens is 16. The molecule has 4 aromatic carbocycles. The van der Waals surface area contributed by atoms with E-state index in [1.54, 1.807) is 24.3 Å². The van der Waals surface area contributed by atoms with Crippen molar-refractivity contribution in [2.24, 2.45) is 65.1 Å². The van der Waals surface area contributed by atoms with E-state index in [-0.39, 0.29) is 48.5 Å². The number of aliphatic carboxylic acids is 3. The van der Waals surface area contributed by atoms with Crippen molar-refractivity contribution in [3.8, 4) is 0 Å². The lowest BCUT2D eigenvalue weighted by Gasteiger charge is -2.50. The van der Waals surface area contributed by atoms with E-state index in [9.17, 15) is 29.7 Å². The fourth-order valence-electron chi connectivity index (χ4n) is 24.2. The highest BCUT2D eigenvalue weighted by molar-refractivity contribution is 6.37. The molecule has 0 unspecified atom stereocenters. The number of carboxylic acid groups (broad SMARTS) is 3. The molecule has 145 heavy (non-hydrogen) atoms. The van der Waals surface area contributed by atoms with Crippen molar-refractivity contribution in [1.29, 1.82) is 0 Å². The standard InChI is InChI=1S/3C27H32Cl2N6O2.C25H32Cl2N6O/c3*1-15-25-26(35(32-15)16(2)22-6-5-20(28)10-23(22)29)31-24(11-30-25)34-13-19(14-34)17-4-3-7-33(12-17)21-8-18(9-21)27(36)37;1-16-24-25(33(30-16)17(2)21-7-6-20(26)11-22(21)27)29-23(12-28-24)32-14-19(15-32)18-5-3-8-31(13-18)9-4-10-34/h3*5-6,10-11,16-19,21H,3-4,7-9,12-14H2,1-2H3,(H,36,37);6-7,11-12,17-19,34H,3-5,8-10,13-15H2,1-2H3/t16-,17+,18?,21?;2*16-,17-,18?,21?;17-,18+/m1111/s1. The largest absolute Gasteiger partial charge is 0.481 e. The minimum absolute atomic E-state index is 0.0956. The van der Waals surface area contributed by atoms with Gasteiger partial charge in [-0.15, -0.1) is 0 Å². The van der Waals surface area contributed by atoms with Gasteiger partial charge in [-0.25, -0.2) is 58.6 Å². The van der Waals surface area contributed by atoms with E-state index in [1.165, 1.54) is 51.4 Å². The number of rotatable bonds is 25. The van der Waals surface area contributed by atoms with Gasteiger partial charge in [0, 0.05) is 150 Å². The maximum absolute atomic E-state index is 11.2. The topological polar surface area (TPSA) is 332 Å². The molecule has 3 aliphatic carbocycles. The average molecular weight is 2130 g/mol. The molecular formula is C106H128Cl8N24O7. The lowest BCUT2D eigenvalue weighted by Crippen LogP contribution is -2.56. The minimum Gasteiger partial charge on any atom is -0.481 e. The molecule has 31 nitrogen and oxygen atoms in total. The molecule has 39 heteroatoms. The smallest absolute Gasteiger partial charge is 0.306 e. The van der Waals surface area contributed by atoms with E-state index in [0.717, 1.165) is 275 Å². The summed E-state index contributed by atoms with van der Waals surface area (Å²) in [6.45, 7) is 34.2. The van der Waals surface area contributed by atoms with E-state index in [0.29, 0.717) is 99.7 Å². The third-order valence-electron chi connectivity index (χ3n) is 33.5. The zero-order valence-electron chi connectivity index (χ0n) is 83.2. The quantitative estimate of drug-likeness (QED) is 0.0413. The van der Waals surface area contributed by atoms with Crippen LogP contribution < -0.4 is 19.6 Å². The van der Waals surface area contributed by atoms with Gasteiger partial charge in [-0.3, -0.25) is 14.4 Å². The van der Waals surface area contributed by atoms with Crippen LogP contribution in [0.1, 0.15) is 193 Å². The lowest BCUT2D eigenvalue weighted by atomic mass is 9.76. The molecule has 3 saturated carbocycles. The maximum Gasteiger partial charge on any atom is 0.306 e. The highest BCUT2D eigenvalue weighted by Crippen LogP contribution is 2.47. The van der Waals surface area contributed by atoms with Crippen LogP contribution in [0.15, 0.2) is 97.6 Å². The number of halogens is 8. The number of nitrogens with zero attached hydrogens (tertiary/aromatic N) is 24. The summed E-state index contributed by atoms with van der Waals surface area (Å²) in [5, 5.41) is 60.7. The molecule has 4 N–H and O–H groups in total. The van der Waals surface area contributed by atoms with Gasteiger partial charge in [-0.2, -0.15) is 20.4 Å². The number of benzene rings is 4. The highest BCUT2D eigenvalue weighted by Gasteiger charge is 2.48. The van der Waals surface area contributed by atoms with Gasteiger partial charge in [-0.1, -0.05) is 117 Å². The Morgan fingerprint density at radius 1 is 0.338 bits per heavy atom. The Kier molecular flexibility index (Phi) is 31.1. The SMILES string of the molecule is Cc1nn([C@H](C)c2ccc(Cl)cc2Cl)c2nc(N3CC([C@@H]4CCCN(C5CC(C(=O)O)C5)C4)C3)cnc12.Cc1nn([C@H](C)c2ccc(Cl)cc2Cl)c2nc(N3CC([C@@H]4CCCN(C5CC(C(=O)O)C5)C4)C3)cnc12.Cc1nn([C@H](C)c2ccc(Cl)cc2Cl)c2nc(N3CC([C@H]4CCCN(C5CC(C(=O)O)C5)C4)C3)cnc12.Cc1nn([C@H](C)c2ccc(Cl)cc2Cl)c2nc(N3CC([C@H]4CCCN(CCCO)C4)C3)cnc12. The Bertz CT molecular complexity index is 6260. The monoisotopic (exact) mass is 2130 g/mol. The molecule has 16 heterocycles. The third-order valence-corrected chi connectivity index (χ3v) is 35.8. The third kappa shape index (κ3) is 21.7. The van der Waals surface area contributed by atoms with E-state index in [4.69, 9.17) is 158 Å². The number of hydrogen-bond donors (Lipinski definition) is 4. The number of aryl methyl sites for hydroxylation is 4. The first kappa shape index (κ1) is 103. The van der Waals surface area contributed by atoms with E-state index < -0.39 is 17.9 Å². The van der Waals surface area contributed by atoms with Gasteiger partial charge in [0.05, 0.1) is 89.5 Å². The van der Waals surface area contributed by atoms with E-state index in [1.807, 2.05) is 120 Å². The van der Waals surface area contributed by atoms with Crippen molar-refractivity contribution in [3.63, 3.8) is 0 Å². The zero-order chi connectivity index (χ0) is 101. The number of anilines is 4.